The van der Waals surface area contributed by atoms with Crippen LogP contribution in [-0.2, 0) is 16.0 Å². The van der Waals surface area contributed by atoms with Crippen molar-refractivity contribution in [3.63, 3.8) is 0 Å². The van der Waals surface area contributed by atoms with Crippen molar-refractivity contribution in [2.24, 2.45) is 0 Å². The number of piperidine rings is 1. The average Bonchev–Trinajstić information content (AvgIpc) is 2.83. The Morgan fingerprint density at radius 1 is 1.53 bits per heavy atom. The van der Waals surface area contributed by atoms with Gasteiger partial charge in [0.05, 0.1) is 18.2 Å². The number of ether oxygens (including phenoxy) is 1. The van der Waals surface area contributed by atoms with Crippen LogP contribution in [0.2, 0.25) is 0 Å². The van der Waals surface area contributed by atoms with E-state index in [1.165, 1.54) is 11.3 Å². The first-order chi connectivity index (χ1) is 8.34. The van der Waals surface area contributed by atoms with Crippen molar-refractivity contribution in [3.05, 3.63) is 16.6 Å². The molecule has 2 rings (SSSR count). The topological polar surface area (TPSA) is 51.2 Å². The van der Waals surface area contributed by atoms with Gasteiger partial charge in [0, 0.05) is 23.9 Å². The lowest BCUT2D eigenvalue weighted by atomic mass is 10.1. The Hall–Kier alpha value is -0.780. The van der Waals surface area contributed by atoms with E-state index < -0.39 is 0 Å². The number of hydrogen-bond acceptors (Lipinski definition) is 5. The zero-order valence-electron chi connectivity index (χ0n) is 9.85. The molecule has 1 aromatic heterocycles. The standard InChI is InChI=1S/C12H18N2O2S/c15-10(7-12-8-14-9-17-12)3-6-16-11-1-4-13-5-2-11/h8-9,11,13H,1-7H2. The second-order valence-corrected chi connectivity index (χ2v) is 5.22. The van der Waals surface area contributed by atoms with Crippen molar-refractivity contribution in [2.75, 3.05) is 19.7 Å². The van der Waals surface area contributed by atoms with Crippen LogP contribution in [-0.4, -0.2) is 36.6 Å². The van der Waals surface area contributed by atoms with Crippen LogP contribution in [0.5, 0.6) is 0 Å². The van der Waals surface area contributed by atoms with E-state index in [1.807, 2.05) is 0 Å². The molecule has 0 amide bonds. The quantitative estimate of drug-likeness (QED) is 0.834. The van der Waals surface area contributed by atoms with Crippen LogP contribution >= 0.6 is 11.3 Å². The van der Waals surface area contributed by atoms with E-state index >= 15 is 0 Å². The number of hydrogen-bond donors (Lipinski definition) is 1. The van der Waals surface area contributed by atoms with Crippen molar-refractivity contribution < 1.29 is 9.53 Å². The summed E-state index contributed by atoms with van der Waals surface area (Å²) in [7, 11) is 0. The fourth-order valence-corrected chi connectivity index (χ4v) is 2.54. The number of thiazole rings is 1. The Bertz CT molecular complexity index is 334. The monoisotopic (exact) mass is 254 g/mol. The summed E-state index contributed by atoms with van der Waals surface area (Å²) in [6, 6.07) is 0. The molecule has 1 fully saturated rings. The summed E-state index contributed by atoms with van der Waals surface area (Å²) >= 11 is 1.53. The first-order valence-corrected chi connectivity index (χ1v) is 6.94. The highest BCUT2D eigenvalue weighted by molar-refractivity contribution is 7.09. The van der Waals surface area contributed by atoms with Crippen molar-refractivity contribution in [2.45, 2.75) is 31.8 Å². The summed E-state index contributed by atoms with van der Waals surface area (Å²) in [6.45, 7) is 2.61. The number of carbonyl (C=O) groups is 1. The summed E-state index contributed by atoms with van der Waals surface area (Å²) in [5, 5.41) is 3.29. The molecule has 0 aliphatic carbocycles. The third-order valence-electron chi connectivity index (χ3n) is 2.88. The Labute approximate surface area is 105 Å². The van der Waals surface area contributed by atoms with E-state index in [1.54, 1.807) is 11.7 Å². The van der Waals surface area contributed by atoms with Crippen LogP contribution in [0.25, 0.3) is 0 Å². The molecule has 1 aliphatic rings. The van der Waals surface area contributed by atoms with E-state index in [9.17, 15) is 4.79 Å². The largest absolute Gasteiger partial charge is 0.378 e. The second-order valence-electron chi connectivity index (χ2n) is 4.25. The van der Waals surface area contributed by atoms with E-state index in [0.29, 0.717) is 25.6 Å². The minimum absolute atomic E-state index is 0.239. The summed E-state index contributed by atoms with van der Waals surface area (Å²) < 4.78 is 5.70. The van der Waals surface area contributed by atoms with Gasteiger partial charge in [0.15, 0.2) is 0 Å². The summed E-state index contributed by atoms with van der Waals surface area (Å²) in [4.78, 5) is 16.6. The fourth-order valence-electron chi connectivity index (χ4n) is 1.91. The summed E-state index contributed by atoms with van der Waals surface area (Å²) in [5.74, 6) is 0.239. The number of aromatic nitrogens is 1. The van der Waals surface area contributed by atoms with Gasteiger partial charge in [0.1, 0.15) is 5.78 Å². The van der Waals surface area contributed by atoms with E-state index in [4.69, 9.17) is 4.74 Å². The maximum absolute atomic E-state index is 11.6. The molecule has 1 saturated heterocycles. The smallest absolute Gasteiger partial charge is 0.140 e. The predicted octanol–water partition coefficient (Wildman–Crippen LogP) is 1.41. The zero-order valence-corrected chi connectivity index (χ0v) is 10.7. The van der Waals surface area contributed by atoms with Crippen LogP contribution in [0, 0.1) is 0 Å². The van der Waals surface area contributed by atoms with Gasteiger partial charge in [-0.2, -0.15) is 0 Å². The number of nitrogens with zero attached hydrogens (tertiary/aromatic N) is 1. The number of nitrogens with one attached hydrogen (secondary N) is 1. The van der Waals surface area contributed by atoms with E-state index in [-0.39, 0.29) is 5.78 Å². The van der Waals surface area contributed by atoms with Crippen LogP contribution in [0.4, 0.5) is 0 Å². The van der Waals surface area contributed by atoms with Crippen LogP contribution < -0.4 is 5.32 Å². The van der Waals surface area contributed by atoms with Gasteiger partial charge in [-0.1, -0.05) is 0 Å². The number of Topliss-reactive ketones (excluding diaryl/α,β-unsaturated/α-hetero) is 1. The highest BCUT2D eigenvalue weighted by Gasteiger charge is 2.13. The maximum Gasteiger partial charge on any atom is 0.140 e. The van der Waals surface area contributed by atoms with Crippen molar-refractivity contribution >= 4 is 17.1 Å². The van der Waals surface area contributed by atoms with Gasteiger partial charge in [0.2, 0.25) is 0 Å². The number of ketones is 1. The molecule has 4 nitrogen and oxygen atoms in total. The molecule has 17 heavy (non-hydrogen) atoms. The average molecular weight is 254 g/mol. The summed E-state index contributed by atoms with van der Waals surface area (Å²) in [6.07, 6.45) is 5.23. The molecule has 0 spiro atoms. The number of carbonyl (C=O) groups excluding carboxylic acids is 1. The molecule has 0 aromatic carbocycles. The highest BCUT2D eigenvalue weighted by Crippen LogP contribution is 2.10. The predicted molar refractivity (Wildman–Crippen MR) is 67.3 cm³/mol. The Balaban J connectivity index is 1.59. The SMILES string of the molecule is O=C(CCOC1CCNCC1)Cc1cncs1. The van der Waals surface area contributed by atoms with Crippen molar-refractivity contribution in [1.82, 2.24) is 10.3 Å². The van der Waals surface area contributed by atoms with Crippen molar-refractivity contribution in [3.8, 4) is 0 Å². The molecule has 5 heteroatoms. The van der Waals surface area contributed by atoms with Crippen molar-refractivity contribution in [1.29, 1.82) is 0 Å². The molecule has 0 saturated carbocycles. The highest BCUT2D eigenvalue weighted by atomic mass is 32.1. The molecule has 0 radical (unpaired) electrons. The third kappa shape index (κ3) is 4.53. The Kier molecular flexibility index (Phi) is 5.09. The van der Waals surface area contributed by atoms with Crippen LogP contribution in [0.15, 0.2) is 11.7 Å². The van der Waals surface area contributed by atoms with Gasteiger partial charge in [0.25, 0.3) is 0 Å². The van der Waals surface area contributed by atoms with Gasteiger partial charge in [-0.15, -0.1) is 11.3 Å². The maximum atomic E-state index is 11.6. The van der Waals surface area contributed by atoms with Crippen LogP contribution in [0.3, 0.4) is 0 Å². The van der Waals surface area contributed by atoms with Gasteiger partial charge < -0.3 is 10.1 Å². The Morgan fingerprint density at radius 3 is 3.06 bits per heavy atom. The van der Waals surface area contributed by atoms with E-state index in [0.717, 1.165) is 30.8 Å². The lowest BCUT2D eigenvalue weighted by molar-refractivity contribution is -0.120. The van der Waals surface area contributed by atoms with Gasteiger partial charge in [-0.3, -0.25) is 9.78 Å². The molecule has 0 unspecified atom stereocenters. The normalized spacial score (nSPS) is 17.2. The third-order valence-corrected chi connectivity index (χ3v) is 3.66. The molecule has 2 heterocycles. The first-order valence-electron chi connectivity index (χ1n) is 6.06. The van der Waals surface area contributed by atoms with Gasteiger partial charge in [-0.25, -0.2) is 0 Å². The molecular formula is C12H18N2O2S. The second kappa shape index (κ2) is 6.83. The van der Waals surface area contributed by atoms with Gasteiger partial charge >= 0.3 is 0 Å². The molecular weight excluding hydrogens is 236 g/mol. The molecule has 1 aliphatic heterocycles. The van der Waals surface area contributed by atoms with Gasteiger partial charge in [-0.05, 0) is 25.9 Å². The van der Waals surface area contributed by atoms with Crippen LogP contribution in [0.1, 0.15) is 24.1 Å². The lowest BCUT2D eigenvalue weighted by Gasteiger charge is -2.22. The molecule has 1 aromatic rings. The Morgan fingerprint density at radius 2 is 2.35 bits per heavy atom. The molecule has 94 valence electrons. The molecule has 1 N–H and O–H groups in total. The minimum atomic E-state index is 0.239. The van der Waals surface area contributed by atoms with E-state index in [2.05, 4.69) is 10.3 Å². The number of rotatable bonds is 6. The zero-order chi connectivity index (χ0) is 11.9. The molecule has 0 atom stereocenters. The lowest BCUT2D eigenvalue weighted by Crippen LogP contribution is -2.32. The summed E-state index contributed by atoms with van der Waals surface area (Å²) in [5.41, 5.74) is 1.76. The first kappa shape index (κ1) is 12.7. The minimum Gasteiger partial charge on any atom is -0.378 e. The fraction of sp³-hybridized carbons (Fsp3) is 0.667. The molecule has 0 bridgehead atoms.